The van der Waals surface area contributed by atoms with Crippen LogP contribution in [0.3, 0.4) is 0 Å². The number of hydrogen-bond acceptors (Lipinski definition) is 3. The van der Waals surface area contributed by atoms with Crippen molar-refractivity contribution in [3.63, 3.8) is 0 Å². The Labute approximate surface area is 152 Å². The number of amides is 1. The van der Waals surface area contributed by atoms with Crippen LogP contribution in [0.15, 0.2) is 65.1 Å². The molecule has 0 saturated carbocycles. The van der Waals surface area contributed by atoms with Crippen LogP contribution in [0.1, 0.15) is 21.7 Å². The normalized spacial score (nSPS) is 10.9. The first-order chi connectivity index (χ1) is 12.5. The second-order valence-corrected chi connectivity index (χ2v) is 6.41. The van der Waals surface area contributed by atoms with Gasteiger partial charge in [0.2, 0.25) is 0 Å². The summed E-state index contributed by atoms with van der Waals surface area (Å²) >= 11 is 0. The van der Waals surface area contributed by atoms with E-state index in [-0.39, 0.29) is 17.5 Å². The quantitative estimate of drug-likeness (QED) is 0.727. The van der Waals surface area contributed by atoms with Crippen LogP contribution in [0.2, 0.25) is 0 Å². The lowest BCUT2D eigenvalue weighted by molar-refractivity contribution is 0.0924. The number of nitrogens with zero attached hydrogens (tertiary/aromatic N) is 1. The lowest BCUT2D eigenvalue weighted by Gasteiger charge is -2.10. The van der Waals surface area contributed by atoms with Crippen molar-refractivity contribution in [2.45, 2.75) is 13.1 Å². The molecule has 0 radical (unpaired) electrons. The van der Waals surface area contributed by atoms with E-state index < -0.39 is 0 Å². The number of carbonyl (C=O) groups is 1. The first-order valence-corrected chi connectivity index (χ1v) is 8.38. The van der Waals surface area contributed by atoms with Gasteiger partial charge in [-0.25, -0.2) is 4.39 Å². The summed E-state index contributed by atoms with van der Waals surface area (Å²) in [7, 11) is 4.05. The van der Waals surface area contributed by atoms with Crippen LogP contribution in [0.5, 0.6) is 0 Å². The maximum atomic E-state index is 13.0. The molecule has 26 heavy (non-hydrogen) atoms. The standard InChI is InChI=1S/C21H21FN2O2/c1-24(2)14-16-5-3-15(4-6-16)13-23-21(25)20-12-11-19(26-20)17-7-9-18(22)10-8-17/h3-12H,13-14H2,1-2H3,(H,23,25). The highest BCUT2D eigenvalue weighted by molar-refractivity contribution is 5.92. The van der Waals surface area contributed by atoms with Crippen molar-refractivity contribution in [3.05, 3.63) is 83.4 Å². The van der Waals surface area contributed by atoms with Crippen LogP contribution >= 0.6 is 0 Å². The van der Waals surface area contributed by atoms with Gasteiger partial charge in [-0.3, -0.25) is 4.79 Å². The van der Waals surface area contributed by atoms with E-state index in [1.807, 2.05) is 26.2 Å². The number of carbonyl (C=O) groups excluding carboxylic acids is 1. The molecule has 0 spiro atoms. The zero-order chi connectivity index (χ0) is 18.5. The third-order valence-corrected chi connectivity index (χ3v) is 3.93. The summed E-state index contributed by atoms with van der Waals surface area (Å²) in [5, 5.41) is 2.85. The Morgan fingerprint density at radius 2 is 1.62 bits per heavy atom. The molecular formula is C21H21FN2O2. The Kier molecular flexibility index (Phi) is 5.49. The Morgan fingerprint density at radius 3 is 2.27 bits per heavy atom. The van der Waals surface area contributed by atoms with Crippen molar-refractivity contribution in [2.75, 3.05) is 14.1 Å². The van der Waals surface area contributed by atoms with Crippen LogP contribution in [0.25, 0.3) is 11.3 Å². The van der Waals surface area contributed by atoms with Gasteiger partial charge in [0.25, 0.3) is 5.91 Å². The van der Waals surface area contributed by atoms with Crippen molar-refractivity contribution in [1.29, 1.82) is 0 Å². The lowest BCUT2D eigenvalue weighted by Crippen LogP contribution is -2.22. The van der Waals surface area contributed by atoms with E-state index in [1.165, 1.54) is 17.7 Å². The molecule has 0 aliphatic carbocycles. The smallest absolute Gasteiger partial charge is 0.287 e. The number of rotatable bonds is 6. The summed E-state index contributed by atoms with van der Waals surface area (Å²) in [5.41, 5.74) is 2.97. The fraction of sp³-hybridized carbons (Fsp3) is 0.190. The Bertz CT molecular complexity index is 868. The van der Waals surface area contributed by atoms with Crippen molar-refractivity contribution in [2.24, 2.45) is 0 Å². The highest BCUT2D eigenvalue weighted by atomic mass is 19.1. The van der Waals surface area contributed by atoms with Gasteiger partial charge in [0.1, 0.15) is 11.6 Å². The molecule has 0 fully saturated rings. The third kappa shape index (κ3) is 4.58. The van der Waals surface area contributed by atoms with Crippen LogP contribution in [-0.4, -0.2) is 24.9 Å². The van der Waals surface area contributed by atoms with Crippen molar-refractivity contribution >= 4 is 5.91 Å². The van der Waals surface area contributed by atoms with Crippen molar-refractivity contribution in [1.82, 2.24) is 10.2 Å². The predicted molar refractivity (Wildman–Crippen MR) is 99.1 cm³/mol. The molecule has 134 valence electrons. The monoisotopic (exact) mass is 352 g/mol. The molecule has 0 unspecified atom stereocenters. The highest BCUT2D eigenvalue weighted by Gasteiger charge is 2.12. The van der Waals surface area contributed by atoms with E-state index in [2.05, 4.69) is 22.3 Å². The molecule has 0 bridgehead atoms. The maximum absolute atomic E-state index is 13.0. The van der Waals surface area contributed by atoms with Gasteiger partial charge in [0, 0.05) is 18.7 Å². The van der Waals surface area contributed by atoms with Crippen molar-refractivity contribution in [3.8, 4) is 11.3 Å². The zero-order valence-electron chi connectivity index (χ0n) is 14.8. The number of halogens is 1. The molecule has 1 heterocycles. The fourth-order valence-electron chi connectivity index (χ4n) is 2.63. The van der Waals surface area contributed by atoms with Crippen molar-refractivity contribution < 1.29 is 13.6 Å². The van der Waals surface area contributed by atoms with Gasteiger partial charge in [0.05, 0.1) is 0 Å². The number of benzene rings is 2. The predicted octanol–water partition coefficient (Wildman–Crippen LogP) is 4.08. The summed E-state index contributed by atoms with van der Waals surface area (Å²) in [6.07, 6.45) is 0. The largest absolute Gasteiger partial charge is 0.451 e. The maximum Gasteiger partial charge on any atom is 0.287 e. The number of furan rings is 1. The average molecular weight is 352 g/mol. The summed E-state index contributed by atoms with van der Waals surface area (Å²) in [6.45, 7) is 1.30. The molecular weight excluding hydrogens is 331 g/mol. The van der Waals surface area contributed by atoms with E-state index in [4.69, 9.17) is 4.42 Å². The molecule has 0 atom stereocenters. The second kappa shape index (κ2) is 7.97. The minimum atomic E-state index is -0.310. The van der Waals surface area contributed by atoms with E-state index in [1.54, 1.807) is 24.3 Å². The zero-order valence-corrected chi connectivity index (χ0v) is 14.8. The molecule has 0 saturated heterocycles. The number of nitrogens with one attached hydrogen (secondary N) is 1. The van der Waals surface area contributed by atoms with E-state index in [0.29, 0.717) is 12.3 Å². The molecule has 5 heteroatoms. The SMILES string of the molecule is CN(C)Cc1ccc(CNC(=O)c2ccc(-c3ccc(F)cc3)o2)cc1. The van der Waals surface area contributed by atoms with Crippen LogP contribution in [0, 0.1) is 5.82 Å². The summed E-state index contributed by atoms with van der Waals surface area (Å²) in [5.74, 6) is 0.169. The Morgan fingerprint density at radius 1 is 0.962 bits per heavy atom. The second-order valence-electron chi connectivity index (χ2n) is 6.41. The Balaban J connectivity index is 1.59. The van der Waals surface area contributed by atoms with Gasteiger partial charge >= 0.3 is 0 Å². The molecule has 1 amide bonds. The number of hydrogen-bond donors (Lipinski definition) is 1. The van der Waals surface area contributed by atoms with E-state index >= 15 is 0 Å². The molecule has 1 N–H and O–H groups in total. The molecule has 2 aromatic carbocycles. The summed E-state index contributed by atoms with van der Waals surface area (Å²) < 4.78 is 18.6. The molecule has 3 rings (SSSR count). The van der Waals surface area contributed by atoms with Crippen LogP contribution in [0.4, 0.5) is 4.39 Å². The van der Waals surface area contributed by atoms with Gasteiger partial charge in [-0.15, -0.1) is 0 Å². The summed E-state index contributed by atoms with van der Waals surface area (Å²) in [6, 6.07) is 17.4. The topological polar surface area (TPSA) is 45.5 Å². The van der Waals surface area contributed by atoms with Gasteiger partial charge in [-0.05, 0) is 61.6 Å². The lowest BCUT2D eigenvalue weighted by atomic mass is 10.1. The molecule has 0 aliphatic rings. The van der Waals surface area contributed by atoms with E-state index in [9.17, 15) is 9.18 Å². The fourth-order valence-corrected chi connectivity index (χ4v) is 2.63. The van der Waals surface area contributed by atoms with Crippen LogP contribution < -0.4 is 5.32 Å². The average Bonchev–Trinajstić information content (AvgIpc) is 3.11. The molecule has 3 aromatic rings. The Hall–Kier alpha value is -2.92. The minimum Gasteiger partial charge on any atom is -0.451 e. The molecule has 4 nitrogen and oxygen atoms in total. The highest BCUT2D eigenvalue weighted by Crippen LogP contribution is 2.22. The molecule has 1 aromatic heterocycles. The first kappa shape index (κ1) is 17.9. The first-order valence-electron chi connectivity index (χ1n) is 8.38. The van der Waals surface area contributed by atoms with Gasteiger partial charge < -0.3 is 14.6 Å². The summed E-state index contributed by atoms with van der Waals surface area (Å²) in [4.78, 5) is 14.4. The van der Waals surface area contributed by atoms with Gasteiger partial charge in [0.15, 0.2) is 5.76 Å². The third-order valence-electron chi connectivity index (χ3n) is 3.93. The van der Waals surface area contributed by atoms with Gasteiger partial charge in [-0.2, -0.15) is 0 Å². The molecule has 0 aliphatic heterocycles. The van der Waals surface area contributed by atoms with Gasteiger partial charge in [-0.1, -0.05) is 24.3 Å². The van der Waals surface area contributed by atoms with E-state index in [0.717, 1.165) is 17.7 Å². The minimum absolute atomic E-state index is 0.230. The van der Waals surface area contributed by atoms with Crippen LogP contribution in [-0.2, 0) is 13.1 Å².